The van der Waals surface area contributed by atoms with Gasteiger partial charge in [-0.25, -0.2) is 9.18 Å². The largest absolute Gasteiger partial charge is 0.477 e. The summed E-state index contributed by atoms with van der Waals surface area (Å²) >= 11 is 0. The van der Waals surface area contributed by atoms with E-state index in [4.69, 9.17) is 15.0 Å². The molecule has 11 nitrogen and oxygen atoms in total. The number of rotatable bonds is 6. The van der Waals surface area contributed by atoms with Gasteiger partial charge in [-0.15, -0.1) is 0 Å². The van der Waals surface area contributed by atoms with Crippen LogP contribution in [0.3, 0.4) is 0 Å². The molecule has 3 aromatic rings. The van der Waals surface area contributed by atoms with Crippen LogP contribution in [0.5, 0.6) is 5.75 Å². The maximum atomic E-state index is 15.6. The Balaban J connectivity index is 0.000000283. The van der Waals surface area contributed by atoms with E-state index in [1.807, 2.05) is 6.92 Å². The number of piperidine rings is 1. The number of anilines is 2. The predicted octanol–water partition coefficient (Wildman–Crippen LogP) is 3.79. The van der Waals surface area contributed by atoms with Gasteiger partial charge in [0.2, 0.25) is 5.43 Å². The second kappa shape index (κ2) is 11.7. The lowest BCUT2D eigenvalue weighted by molar-refractivity contribution is -0.0488. The van der Waals surface area contributed by atoms with Crippen molar-refractivity contribution in [3.8, 4) is 5.75 Å². The number of carboxylic acids is 1. The molecule has 0 unspecified atom stereocenters. The molecule has 1 aliphatic carbocycles. The molecule has 5 N–H and O–H groups in total. The molecule has 1 saturated carbocycles. The van der Waals surface area contributed by atoms with E-state index >= 15 is 4.39 Å². The molecule has 0 amide bonds. The molecule has 6 rings (SSSR count). The number of nitrogen functional groups attached to an aromatic ring is 1. The minimum atomic E-state index is -4.02. The van der Waals surface area contributed by atoms with Crippen LogP contribution in [0.2, 0.25) is 0 Å². The number of aromatic nitrogens is 1. The second-order valence-corrected chi connectivity index (χ2v) is 12.4. The highest BCUT2D eigenvalue weighted by molar-refractivity contribution is 7.85. The van der Waals surface area contributed by atoms with Crippen molar-refractivity contribution < 1.29 is 40.8 Å². The van der Waals surface area contributed by atoms with Crippen molar-refractivity contribution in [1.82, 2.24) is 9.88 Å². The van der Waals surface area contributed by atoms with Gasteiger partial charge >= 0.3 is 12.6 Å². The fourth-order valence-corrected chi connectivity index (χ4v) is 6.26. The third-order valence-corrected chi connectivity index (χ3v) is 8.86. The van der Waals surface area contributed by atoms with Crippen LogP contribution in [-0.4, -0.2) is 60.9 Å². The smallest absolute Gasteiger partial charge is 0.387 e. The maximum Gasteiger partial charge on any atom is 0.387 e. The summed E-state index contributed by atoms with van der Waals surface area (Å²) < 4.78 is 78.5. The van der Waals surface area contributed by atoms with Crippen LogP contribution >= 0.6 is 0 Å². The van der Waals surface area contributed by atoms with E-state index < -0.39 is 56.3 Å². The van der Waals surface area contributed by atoms with Gasteiger partial charge < -0.3 is 30.4 Å². The van der Waals surface area contributed by atoms with E-state index in [2.05, 4.69) is 5.32 Å². The Morgan fingerprint density at radius 3 is 2.40 bits per heavy atom. The highest BCUT2D eigenvalue weighted by Crippen LogP contribution is 2.47. The molecule has 0 radical (unpaired) electrons. The number of benzene rings is 2. The summed E-state index contributed by atoms with van der Waals surface area (Å²) in [5.74, 6) is -2.80. The van der Waals surface area contributed by atoms with E-state index in [-0.39, 0.29) is 34.1 Å². The van der Waals surface area contributed by atoms with Crippen LogP contribution in [0, 0.1) is 18.7 Å². The minimum Gasteiger partial charge on any atom is -0.477 e. The predicted molar refractivity (Wildman–Crippen MR) is 152 cm³/mol. The first-order valence-corrected chi connectivity index (χ1v) is 15.1. The number of ether oxygens (including phenoxy) is 1. The molecule has 3 aliphatic rings. The zero-order valence-corrected chi connectivity index (χ0v) is 23.9. The topological polar surface area (TPSA) is 164 Å². The first-order valence-electron chi connectivity index (χ1n) is 13.7. The summed E-state index contributed by atoms with van der Waals surface area (Å²) in [5, 5.41) is 12.4. The fraction of sp³-hybridized carbons (Fsp3) is 0.429. The summed E-state index contributed by atoms with van der Waals surface area (Å²) in [6.07, 6.45) is 4.34. The number of alkyl halides is 2. The van der Waals surface area contributed by atoms with E-state index in [1.54, 1.807) is 17.0 Å². The van der Waals surface area contributed by atoms with E-state index in [9.17, 15) is 31.9 Å². The Labute approximate surface area is 244 Å². The quantitative estimate of drug-likeness (QED) is 0.234. The summed E-state index contributed by atoms with van der Waals surface area (Å²) in [5.41, 5.74) is 4.52. The number of pyridine rings is 1. The molecule has 43 heavy (non-hydrogen) atoms. The zero-order valence-electron chi connectivity index (χ0n) is 23.1. The number of hydrogen-bond donors (Lipinski definition) is 4. The van der Waals surface area contributed by atoms with E-state index in [0.29, 0.717) is 25.9 Å². The number of nitrogens with two attached hydrogens (primary N) is 1. The Morgan fingerprint density at radius 2 is 1.84 bits per heavy atom. The van der Waals surface area contributed by atoms with Crippen LogP contribution in [0.15, 0.2) is 40.2 Å². The molecule has 3 fully saturated rings. The Bertz CT molecular complexity index is 1710. The lowest BCUT2D eigenvalue weighted by Gasteiger charge is -2.26. The highest BCUT2D eigenvalue weighted by atomic mass is 32.2. The Hall–Kier alpha value is -3.82. The van der Waals surface area contributed by atoms with Crippen LogP contribution in [0.4, 0.5) is 24.5 Å². The summed E-state index contributed by atoms with van der Waals surface area (Å²) in [6.45, 7) is 0.211. The summed E-state index contributed by atoms with van der Waals surface area (Å²) in [6, 6.07) is 5.86. The number of aryl methyl sites for hydroxylation is 1. The lowest BCUT2D eigenvalue weighted by atomic mass is 9.94. The third-order valence-electron chi connectivity index (χ3n) is 7.99. The van der Waals surface area contributed by atoms with E-state index in [1.165, 1.54) is 16.7 Å². The molecule has 1 aromatic heterocycles. The maximum absolute atomic E-state index is 15.6. The van der Waals surface area contributed by atoms with Gasteiger partial charge in [0.15, 0.2) is 11.6 Å². The van der Waals surface area contributed by atoms with Crippen LogP contribution in [0.25, 0.3) is 10.9 Å². The first kappa shape index (κ1) is 30.6. The standard InChI is InChI=1S/C21H23F3N4O4.C7H8O3S/c22-14-15(25)13-16(28(10-3-4-10)7-11(18(13)29)20(30)31)19(32-21(23)24)17(14)27-6-9-2-1-5-26-12(9)8-27;1-6-2-4-7(5-3-6)11(8,9)10/h7,9-10,12,21,26H,1-6,8,25H2,(H,30,31);2-5H,1H3,(H,8,9,10)/t9-,12+;/m0./s1. The van der Waals surface area contributed by atoms with E-state index in [0.717, 1.165) is 31.1 Å². The normalized spacial score (nSPS) is 20.1. The van der Waals surface area contributed by atoms with Gasteiger partial charge in [0.1, 0.15) is 11.3 Å². The van der Waals surface area contributed by atoms with Crippen molar-refractivity contribution in [2.75, 3.05) is 30.3 Å². The molecule has 3 heterocycles. The summed E-state index contributed by atoms with van der Waals surface area (Å²) in [7, 11) is -4.02. The van der Waals surface area contributed by atoms with Crippen LogP contribution < -0.4 is 26.1 Å². The second-order valence-electron chi connectivity index (χ2n) is 11.0. The Kier molecular flexibility index (Phi) is 8.33. The number of nitrogens with one attached hydrogen (secondary N) is 1. The molecular formula is C28H31F3N4O7S. The zero-order chi connectivity index (χ0) is 31.2. The van der Waals surface area contributed by atoms with Gasteiger partial charge in [0.25, 0.3) is 10.1 Å². The van der Waals surface area contributed by atoms with Gasteiger partial charge in [0, 0.05) is 31.4 Å². The van der Waals surface area contributed by atoms with Crippen molar-refractivity contribution in [2.45, 2.75) is 56.2 Å². The van der Waals surface area contributed by atoms with Gasteiger partial charge in [0.05, 0.1) is 21.5 Å². The third kappa shape index (κ3) is 6.15. The molecule has 232 valence electrons. The number of aromatic carboxylic acids is 1. The van der Waals surface area contributed by atoms with Gasteiger partial charge in [-0.2, -0.15) is 17.2 Å². The lowest BCUT2D eigenvalue weighted by Crippen LogP contribution is -2.40. The van der Waals surface area contributed by atoms with Crippen LogP contribution in [0.1, 0.15) is 47.6 Å². The number of carbonyl (C=O) groups is 1. The Morgan fingerprint density at radius 1 is 1.16 bits per heavy atom. The average molecular weight is 625 g/mol. The molecular weight excluding hydrogens is 593 g/mol. The van der Waals surface area contributed by atoms with Crippen LogP contribution in [-0.2, 0) is 10.1 Å². The van der Waals surface area contributed by atoms with Crippen molar-refractivity contribution in [2.24, 2.45) is 5.92 Å². The number of hydrogen-bond acceptors (Lipinski definition) is 8. The molecule has 2 aromatic carbocycles. The number of fused-ring (bicyclic) bond motifs is 2. The van der Waals surface area contributed by atoms with Gasteiger partial charge in [-0.1, -0.05) is 17.7 Å². The van der Waals surface area contributed by atoms with Crippen molar-refractivity contribution >= 4 is 38.4 Å². The molecule has 15 heteroatoms. The molecule has 0 bridgehead atoms. The average Bonchev–Trinajstić information content (AvgIpc) is 3.69. The van der Waals surface area contributed by atoms with Crippen molar-refractivity contribution in [3.63, 3.8) is 0 Å². The van der Waals surface area contributed by atoms with Crippen molar-refractivity contribution in [3.05, 3.63) is 57.6 Å². The molecule has 0 spiro atoms. The minimum absolute atomic E-state index is 0.0666. The molecule has 2 aliphatic heterocycles. The molecule has 2 saturated heterocycles. The fourth-order valence-electron chi connectivity index (χ4n) is 5.78. The first-order chi connectivity index (χ1) is 20.3. The number of nitrogens with zero attached hydrogens (tertiary/aromatic N) is 2. The van der Waals surface area contributed by atoms with Gasteiger partial charge in [-0.3, -0.25) is 9.35 Å². The SMILES string of the molecule is Cc1ccc(S(=O)(=O)O)cc1.Nc1c(F)c(N2C[C@@H]3CCCN[C@@H]3C2)c(OC(F)F)c2c1c(=O)c(C(=O)O)cn2C1CC1. The monoisotopic (exact) mass is 624 g/mol. The number of carboxylic acid groups (broad SMARTS) is 1. The summed E-state index contributed by atoms with van der Waals surface area (Å²) in [4.78, 5) is 26.1. The molecule has 2 atom stereocenters. The van der Waals surface area contributed by atoms with Crippen molar-refractivity contribution in [1.29, 1.82) is 0 Å². The highest BCUT2D eigenvalue weighted by Gasteiger charge is 2.40. The number of halogens is 3. The van der Waals surface area contributed by atoms with Gasteiger partial charge in [-0.05, 0) is 57.2 Å².